The number of rotatable bonds is 2. The summed E-state index contributed by atoms with van der Waals surface area (Å²) in [6, 6.07) is 6.08. The van der Waals surface area contributed by atoms with E-state index in [-0.39, 0.29) is 18.1 Å². The lowest BCUT2D eigenvalue weighted by Gasteiger charge is -2.02. The Hall–Kier alpha value is -1.55. The summed E-state index contributed by atoms with van der Waals surface area (Å²) in [7, 11) is 0. The molecule has 0 aliphatic carbocycles. The van der Waals surface area contributed by atoms with E-state index in [1.165, 1.54) is 6.07 Å². The second-order valence-corrected chi connectivity index (χ2v) is 3.50. The summed E-state index contributed by atoms with van der Waals surface area (Å²) in [6.07, 6.45) is 0.270. The first-order chi connectivity index (χ1) is 7.16. The van der Waals surface area contributed by atoms with Crippen LogP contribution in [-0.4, -0.2) is 5.16 Å². The number of nitrogens with two attached hydrogens (primary N) is 1. The van der Waals surface area contributed by atoms with Crippen LogP contribution in [0.2, 0.25) is 5.02 Å². The van der Waals surface area contributed by atoms with Gasteiger partial charge in [0.1, 0.15) is 5.82 Å². The molecule has 0 saturated heterocycles. The van der Waals surface area contributed by atoms with Crippen LogP contribution in [0.3, 0.4) is 0 Å². The van der Waals surface area contributed by atoms with E-state index in [0.717, 1.165) is 0 Å². The van der Waals surface area contributed by atoms with E-state index in [2.05, 4.69) is 9.68 Å². The quantitative estimate of drug-likeness (QED) is 0.857. The first kappa shape index (κ1) is 9.98. The molecule has 0 aliphatic heterocycles. The summed E-state index contributed by atoms with van der Waals surface area (Å²) >= 11 is 5.86. The van der Waals surface area contributed by atoms with E-state index in [1.54, 1.807) is 18.2 Å². The zero-order chi connectivity index (χ0) is 10.8. The Balaban J connectivity index is 2.31. The van der Waals surface area contributed by atoms with Crippen molar-refractivity contribution in [2.75, 3.05) is 5.73 Å². The van der Waals surface area contributed by atoms with Gasteiger partial charge in [0, 0.05) is 23.1 Å². The van der Waals surface area contributed by atoms with Gasteiger partial charge < -0.3 is 10.3 Å². The molecule has 2 N–H and O–H groups in total. The molecule has 0 saturated carbocycles. The normalized spacial score (nSPS) is 10.5. The molecule has 5 heteroatoms. The number of hydrogen-bond donors (Lipinski definition) is 1. The van der Waals surface area contributed by atoms with Crippen molar-refractivity contribution in [1.82, 2.24) is 5.16 Å². The predicted molar refractivity (Wildman–Crippen MR) is 55.1 cm³/mol. The molecule has 0 aliphatic rings. The molecule has 1 aromatic heterocycles. The fourth-order valence-corrected chi connectivity index (χ4v) is 1.52. The molecule has 2 rings (SSSR count). The lowest BCUT2D eigenvalue weighted by atomic mass is 10.1. The maximum atomic E-state index is 13.4. The van der Waals surface area contributed by atoms with Crippen LogP contribution in [-0.2, 0) is 6.42 Å². The smallest absolute Gasteiger partial charge is 0.222 e. The van der Waals surface area contributed by atoms with Crippen LogP contribution in [0, 0.1) is 5.82 Å². The third-order valence-electron chi connectivity index (χ3n) is 2.00. The molecule has 0 amide bonds. The number of aromatic nitrogens is 1. The lowest BCUT2D eigenvalue weighted by molar-refractivity contribution is 0.429. The molecule has 0 radical (unpaired) electrons. The van der Waals surface area contributed by atoms with Gasteiger partial charge in [-0.2, -0.15) is 0 Å². The number of anilines is 1. The highest BCUT2D eigenvalue weighted by molar-refractivity contribution is 6.31. The molecule has 15 heavy (non-hydrogen) atoms. The van der Waals surface area contributed by atoms with E-state index in [0.29, 0.717) is 16.3 Å². The number of halogens is 2. The summed E-state index contributed by atoms with van der Waals surface area (Å²) < 4.78 is 18.0. The van der Waals surface area contributed by atoms with Crippen molar-refractivity contribution >= 4 is 17.5 Å². The minimum atomic E-state index is -0.357. The van der Waals surface area contributed by atoms with Gasteiger partial charge in [0.25, 0.3) is 0 Å². The zero-order valence-electron chi connectivity index (χ0n) is 7.71. The highest BCUT2D eigenvalue weighted by Gasteiger charge is 2.10. The number of nitrogen functional groups attached to an aromatic ring is 1. The number of nitrogens with zero attached hydrogens (tertiary/aromatic N) is 1. The topological polar surface area (TPSA) is 52.0 Å². The second-order valence-electron chi connectivity index (χ2n) is 3.10. The highest BCUT2D eigenvalue weighted by atomic mass is 35.5. The van der Waals surface area contributed by atoms with E-state index in [9.17, 15) is 4.39 Å². The Kier molecular flexibility index (Phi) is 2.60. The molecular formula is C10H8ClFN2O. The molecular weight excluding hydrogens is 219 g/mol. The van der Waals surface area contributed by atoms with Crippen molar-refractivity contribution in [3.05, 3.63) is 46.4 Å². The van der Waals surface area contributed by atoms with E-state index < -0.39 is 0 Å². The molecule has 0 spiro atoms. The maximum Gasteiger partial charge on any atom is 0.222 e. The van der Waals surface area contributed by atoms with Gasteiger partial charge in [0.2, 0.25) is 5.88 Å². The molecule has 0 bridgehead atoms. The van der Waals surface area contributed by atoms with Crippen molar-refractivity contribution in [3.8, 4) is 0 Å². The Labute approximate surface area is 90.6 Å². The van der Waals surface area contributed by atoms with Crippen LogP contribution in [0.25, 0.3) is 0 Å². The minimum absolute atomic E-state index is 0.206. The number of benzene rings is 1. The van der Waals surface area contributed by atoms with Crippen molar-refractivity contribution in [2.45, 2.75) is 6.42 Å². The first-order valence-corrected chi connectivity index (χ1v) is 4.68. The molecule has 78 valence electrons. The van der Waals surface area contributed by atoms with E-state index in [4.69, 9.17) is 17.3 Å². The third kappa shape index (κ3) is 2.10. The molecule has 0 fully saturated rings. The Morgan fingerprint density at radius 3 is 2.87 bits per heavy atom. The van der Waals surface area contributed by atoms with Crippen molar-refractivity contribution < 1.29 is 8.91 Å². The summed E-state index contributed by atoms with van der Waals surface area (Å²) in [4.78, 5) is 0. The molecule has 3 nitrogen and oxygen atoms in total. The third-order valence-corrected chi connectivity index (χ3v) is 2.35. The van der Waals surface area contributed by atoms with E-state index in [1.807, 2.05) is 0 Å². The maximum absolute atomic E-state index is 13.4. The van der Waals surface area contributed by atoms with Gasteiger partial charge in [0.05, 0.1) is 5.69 Å². The Bertz CT molecular complexity index is 464. The number of hydrogen-bond acceptors (Lipinski definition) is 3. The molecule has 2 aromatic rings. The standard InChI is InChI=1S/C10H8ClFN2O/c11-8-2-1-3-9(12)7(8)4-6-5-10(13)15-14-6/h1-3,5H,4,13H2. The van der Waals surface area contributed by atoms with Crippen LogP contribution in [0.5, 0.6) is 0 Å². The molecule has 1 heterocycles. The summed E-state index contributed by atoms with van der Waals surface area (Å²) in [6.45, 7) is 0. The zero-order valence-corrected chi connectivity index (χ0v) is 8.46. The van der Waals surface area contributed by atoms with Crippen LogP contribution in [0.15, 0.2) is 28.8 Å². The molecule has 0 unspecified atom stereocenters. The molecule has 0 atom stereocenters. The van der Waals surface area contributed by atoms with Gasteiger partial charge in [-0.25, -0.2) is 4.39 Å². The van der Waals surface area contributed by atoms with Crippen molar-refractivity contribution in [3.63, 3.8) is 0 Å². The van der Waals surface area contributed by atoms with E-state index >= 15 is 0 Å². The van der Waals surface area contributed by atoms with Gasteiger partial charge >= 0.3 is 0 Å². The Morgan fingerprint density at radius 2 is 2.27 bits per heavy atom. The lowest BCUT2D eigenvalue weighted by Crippen LogP contribution is -1.93. The van der Waals surface area contributed by atoms with Gasteiger partial charge in [0.15, 0.2) is 0 Å². The molecule has 1 aromatic carbocycles. The first-order valence-electron chi connectivity index (χ1n) is 4.31. The average Bonchev–Trinajstić information content (AvgIpc) is 2.58. The fourth-order valence-electron chi connectivity index (χ4n) is 1.29. The summed E-state index contributed by atoms with van der Waals surface area (Å²) in [5, 5.41) is 4.04. The largest absolute Gasteiger partial charge is 0.368 e. The van der Waals surface area contributed by atoms with Crippen molar-refractivity contribution in [1.29, 1.82) is 0 Å². The van der Waals surface area contributed by atoms with Crippen LogP contribution in [0.4, 0.5) is 10.3 Å². The van der Waals surface area contributed by atoms with Gasteiger partial charge in [-0.15, -0.1) is 0 Å². The SMILES string of the molecule is Nc1cc(Cc2c(F)cccc2Cl)no1. The van der Waals surface area contributed by atoms with Gasteiger partial charge in [-0.05, 0) is 12.1 Å². The van der Waals surface area contributed by atoms with Gasteiger partial charge in [-0.1, -0.05) is 22.8 Å². The average molecular weight is 227 g/mol. The van der Waals surface area contributed by atoms with Crippen LogP contribution >= 0.6 is 11.6 Å². The monoisotopic (exact) mass is 226 g/mol. The fraction of sp³-hybridized carbons (Fsp3) is 0.100. The van der Waals surface area contributed by atoms with Gasteiger partial charge in [-0.3, -0.25) is 0 Å². The summed E-state index contributed by atoms with van der Waals surface area (Å²) in [5.74, 6) is -0.151. The second kappa shape index (κ2) is 3.90. The summed E-state index contributed by atoms with van der Waals surface area (Å²) in [5.41, 5.74) is 6.30. The highest BCUT2D eigenvalue weighted by Crippen LogP contribution is 2.22. The predicted octanol–water partition coefficient (Wildman–Crippen LogP) is 2.64. The van der Waals surface area contributed by atoms with Crippen molar-refractivity contribution in [2.24, 2.45) is 0 Å². The van der Waals surface area contributed by atoms with Crippen LogP contribution < -0.4 is 5.73 Å². The Morgan fingerprint density at radius 1 is 1.47 bits per heavy atom. The van der Waals surface area contributed by atoms with Crippen LogP contribution in [0.1, 0.15) is 11.3 Å². The minimum Gasteiger partial charge on any atom is -0.368 e.